The van der Waals surface area contributed by atoms with Gasteiger partial charge in [0.2, 0.25) is 11.9 Å². The van der Waals surface area contributed by atoms with E-state index >= 15 is 0 Å². The van der Waals surface area contributed by atoms with Crippen molar-refractivity contribution in [3.8, 4) is 0 Å². The van der Waals surface area contributed by atoms with Crippen LogP contribution < -0.4 is 5.32 Å². The molecule has 2 amide bonds. The third-order valence-electron chi connectivity index (χ3n) is 5.50. The topological polar surface area (TPSA) is 87.7 Å². The monoisotopic (exact) mass is 375 g/mol. The number of hydrogen-bond donors (Lipinski definition) is 1. The number of amides is 2. The Kier molecular flexibility index (Phi) is 6.26. The molecular formula is C19H29N5O3. The minimum absolute atomic E-state index is 0.0138. The molecule has 8 heteroatoms. The van der Waals surface area contributed by atoms with Gasteiger partial charge < -0.3 is 19.9 Å². The summed E-state index contributed by atoms with van der Waals surface area (Å²) in [5.74, 6) is 0.690. The van der Waals surface area contributed by atoms with Crippen LogP contribution in [0.25, 0.3) is 0 Å². The van der Waals surface area contributed by atoms with E-state index in [4.69, 9.17) is 4.74 Å². The Labute approximate surface area is 160 Å². The van der Waals surface area contributed by atoms with Crippen molar-refractivity contribution in [2.24, 2.45) is 5.41 Å². The number of ether oxygens (including phenoxy) is 1. The number of rotatable bonds is 6. The van der Waals surface area contributed by atoms with Crippen LogP contribution in [-0.4, -0.2) is 78.0 Å². The molecule has 0 aliphatic carbocycles. The summed E-state index contributed by atoms with van der Waals surface area (Å²) in [5, 5.41) is 3.03. The fraction of sp³-hybridized carbons (Fsp3) is 0.684. The second-order valence-electron chi connectivity index (χ2n) is 7.46. The lowest BCUT2D eigenvalue weighted by molar-refractivity contribution is -0.139. The van der Waals surface area contributed by atoms with Gasteiger partial charge in [0.15, 0.2) is 0 Å². The number of nitrogens with one attached hydrogen (secondary N) is 1. The molecule has 1 aromatic rings. The number of carbonyl (C=O) groups is 2. The molecule has 1 N–H and O–H groups in total. The summed E-state index contributed by atoms with van der Waals surface area (Å²) in [6.45, 7) is 5.99. The lowest BCUT2D eigenvalue weighted by Gasteiger charge is -2.48. The largest absolute Gasteiger partial charge is 0.383 e. The molecule has 1 atom stereocenters. The predicted octanol–water partition coefficient (Wildman–Crippen LogP) is 1.40. The quantitative estimate of drug-likeness (QED) is 0.809. The molecule has 2 saturated heterocycles. The highest BCUT2D eigenvalue weighted by atomic mass is 16.5. The lowest BCUT2D eigenvalue weighted by Crippen LogP contribution is -2.55. The van der Waals surface area contributed by atoms with Crippen molar-refractivity contribution in [3.63, 3.8) is 0 Å². The average Bonchev–Trinajstić information content (AvgIpc) is 2.69. The van der Waals surface area contributed by atoms with Crippen LogP contribution in [-0.2, 0) is 9.53 Å². The van der Waals surface area contributed by atoms with E-state index in [-0.39, 0.29) is 17.2 Å². The molecular weight excluding hydrogens is 346 g/mol. The molecule has 3 heterocycles. The number of methoxy groups -OCH3 is 1. The van der Waals surface area contributed by atoms with Gasteiger partial charge in [-0.1, -0.05) is 0 Å². The Balaban J connectivity index is 1.67. The van der Waals surface area contributed by atoms with E-state index in [2.05, 4.69) is 15.3 Å². The zero-order valence-corrected chi connectivity index (χ0v) is 16.2. The maximum atomic E-state index is 12.9. The van der Waals surface area contributed by atoms with Crippen molar-refractivity contribution in [2.45, 2.75) is 32.6 Å². The van der Waals surface area contributed by atoms with E-state index in [0.29, 0.717) is 44.2 Å². The van der Waals surface area contributed by atoms with Crippen molar-refractivity contribution >= 4 is 17.8 Å². The second-order valence-corrected chi connectivity index (χ2v) is 7.46. The fourth-order valence-corrected chi connectivity index (χ4v) is 4.09. The number of aromatic nitrogens is 2. The summed E-state index contributed by atoms with van der Waals surface area (Å²) in [6, 6.07) is 0. The van der Waals surface area contributed by atoms with E-state index in [1.54, 1.807) is 19.5 Å². The molecule has 0 radical (unpaired) electrons. The second kappa shape index (κ2) is 8.65. The van der Waals surface area contributed by atoms with Crippen LogP contribution in [0.4, 0.5) is 5.95 Å². The first-order valence-corrected chi connectivity index (χ1v) is 9.69. The maximum absolute atomic E-state index is 12.9. The molecule has 0 bridgehead atoms. The summed E-state index contributed by atoms with van der Waals surface area (Å²) in [7, 11) is 1.65. The normalized spacial score (nSPS) is 23.0. The summed E-state index contributed by atoms with van der Waals surface area (Å²) < 4.78 is 5.14. The number of piperidine rings is 2. The average molecular weight is 375 g/mol. The van der Waals surface area contributed by atoms with E-state index in [1.807, 2.05) is 16.7 Å². The number of hydrogen-bond acceptors (Lipinski definition) is 6. The minimum Gasteiger partial charge on any atom is -0.383 e. The molecule has 3 rings (SSSR count). The van der Waals surface area contributed by atoms with Crippen LogP contribution in [0.2, 0.25) is 0 Å². The summed E-state index contributed by atoms with van der Waals surface area (Å²) >= 11 is 0. The molecule has 148 valence electrons. The first kappa shape index (κ1) is 19.5. The van der Waals surface area contributed by atoms with Crippen molar-refractivity contribution in [1.29, 1.82) is 0 Å². The molecule has 1 aromatic heterocycles. The summed E-state index contributed by atoms with van der Waals surface area (Å²) in [6.07, 6.45) is 6.56. The van der Waals surface area contributed by atoms with E-state index in [9.17, 15) is 9.59 Å². The number of anilines is 1. The summed E-state index contributed by atoms with van der Waals surface area (Å²) in [5.41, 5.74) is 0.497. The number of nitrogens with zero attached hydrogens (tertiary/aromatic N) is 4. The Morgan fingerprint density at radius 2 is 2.07 bits per heavy atom. The van der Waals surface area contributed by atoms with Gasteiger partial charge in [-0.3, -0.25) is 9.59 Å². The van der Waals surface area contributed by atoms with Gasteiger partial charge in [-0.2, -0.15) is 0 Å². The van der Waals surface area contributed by atoms with Gasteiger partial charge in [0, 0.05) is 64.1 Å². The van der Waals surface area contributed by atoms with Gasteiger partial charge in [0.1, 0.15) is 0 Å². The van der Waals surface area contributed by atoms with Gasteiger partial charge in [0.05, 0.1) is 12.2 Å². The van der Waals surface area contributed by atoms with Crippen molar-refractivity contribution < 1.29 is 14.3 Å². The zero-order valence-electron chi connectivity index (χ0n) is 16.2. The lowest BCUT2D eigenvalue weighted by atomic mass is 9.73. The van der Waals surface area contributed by atoms with E-state index in [0.717, 1.165) is 32.4 Å². The fourth-order valence-electron chi connectivity index (χ4n) is 4.09. The molecule has 2 fully saturated rings. The number of carbonyl (C=O) groups excluding carboxylic acids is 2. The Hall–Kier alpha value is -2.22. The van der Waals surface area contributed by atoms with Crippen LogP contribution in [0.5, 0.6) is 0 Å². The first-order valence-electron chi connectivity index (χ1n) is 9.69. The van der Waals surface area contributed by atoms with Crippen LogP contribution in [0.15, 0.2) is 12.4 Å². The molecule has 27 heavy (non-hydrogen) atoms. The molecule has 8 nitrogen and oxygen atoms in total. The number of likely N-dealkylation sites (tertiary alicyclic amines) is 2. The molecule has 2 aliphatic rings. The highest BCUT2D eigenvalue weighted by Gasteiger charge is 2.42. The molecule has 0 aromatic carbocycles. The maximum Gasteiger partial charge on any atom is 0.257 e. The van der Waals surface area contributed by atoms with Crippen molar-refractivity contribution in [1.82, 2.24) is 19.8 Å². The molecule has 0 unspecified atom stereocenters. The Bertz CT molecular complexity index is 666. The predicted molar refractivity (Wildman–Crippen MR) is 101 cm³/mol. The van der Waals surface area contributed by atoms with Crippen LogP contribution >= 0.6 is 0 Å². The third-order valence-corrected chi connectivity index (χ3v) is 5.50. The smallest absolute Gasteiger partial charge is 0.257 e. The van der Waals surface area contributed by atoms with E-state index < -0.39 is 0 Å². The van der Waals surface area contributed by atoms with Gasteiger partial charge in [-0.05, 0) is 26.2 Å². The molecule has 1 spiro atoms. The first-order chi connectivity index (χ1) is 13.1. The SMILES string of the molecule is CCNc1ncc(C(=O)N2CCC[C@]3(CCC(=O)N(CCOC)C3)C2)cn1. The van der Waals surface area contributed by atoms with Gasteiger partial charge in [0.25, 0.3) is 5.91 Å². The highest BCUT2D eigenvalue weighted by molar-refractivity contribution is 5.93. The van der Waals surface area contributed by atoms with E-state index in [1.165, 1.54) is 0 Å². The summed E-state index contributed by atoms with van der Waals surface area (Å²) in [4.78, 5) is 37.4. The third kappa shape index (κ3) is 4.55. The van der Waals surface area contributed by atoms with Gasteiger partial charge in [-0.25, -0.2) is 9.97 Å². The van der Waals surface area contributed by atoms with Crippen LogP contribution in [0.3, 0.4) is 0 Å². The van der Waals surface area contributed by atoms with Crippen LogP contribution in [0.1, 0.15) is 43.0 Å². The highest BCUT2D eigenvalue weighted by Crippen LogP contribution is 2.39. The van der Waals surface area contributed by atoms with Crippen molar-refractivity contribution in [2.75, 3.05) is 51.8 Å². The van der Waals surface area contributed by atoms with Gasteiger partial charge in [-0.15, -0.1) is 0 Å². The molecule has 0 saturated carbocycles. The van der Waals surface area contributed by atoms with Crippen LogP contribution in [0, 0.1) is 5.41 Å². The Morgan fingerprint density at radius 1 is 1.30 bits per heavy atom. The minimum atomic E-state index is -0.0301. The zero-order chi connectivity index (χ0) is 19.3. The van der Waals surface area contributed by atoms with Crippen molar-refractivity contribution in [3.05, 3.63) is 18.0 Å². The van der Waals surface area contributed by atoms with Gasteiger partial charge >= 0.3 is 0 Å². The standard InChI is InChI=1S/C19H29N5O3/c1-3-20-18-21-11-15(12-22-18)17(26)24-8-4-6-19(14-24)7-5-16(25)23(13-19)9-10-27-2/h11-12H,3-10,13-14H2,1-2H3,(H,20,21,22)/t19-/m1/s1. The molecule has 2 aliphatic heterocycles. The Morgan fingerprint density at radius 3 is 2.78 bits per heavy atom.